The summed E-state index contributed by atoms with van der Waals surface area (Å²) in [6.07, 6.45) is 0. The third kappa shape index (κ3) is 3.38. The van der Waals surface area contributed by atoms with Crippen LogP contribution in [0.25, 0.3) is 0 Å². The van der Waals surface area contributed by atoms with Crippen molar-refractivity contribution in [3.63, 3.8) is 0 Å². The number of aryl methyl sites for hydroxylation is 2. The highest BCUT2D eigenvalue weighted by atomic mass is 79.9. The van der Waals surface area contributed by atoms with Gasteiger partial charge in [-0.2, -0.15) is 0 Å². The zero-order valence-electron chi connectivity index (χ0n) is 11.5. The van der Waals surface area contributed by atoms with Crippen LogP contribution < -0.4 is 5.32 Å². The zero-order chi connectivity index (χ0) is 14.7. The van der Waals surface area contributed by atoms with Gasteiger partial charge in [0.05, 0.1) is 4.47 Å². The molecule has 106 valence electrons. The van der Waals surface area contributed by atoms with Gasteiger partial charge in [0, 0.05) is 18.7 Å². The predicted octanol–water partition coefficient (Wildman–Crippen LogP) is 4.20. The van der Waals surface area contributed by atoms with E-state index in [0.29, 0.717) is 28.7 Å². The summed E-state index contributed by atoms with van der Waals surface area (Å²) >= 11 is 3.29. The molecule has 0 aliphatic carbocycles. The predicted molar refractivity (Wildman–Crippen MR) is 82.2 cm³/mol. The molecule has 0 aliphatic heterocycles. The van der Waals surface area contributed by atoms with E-state index in [1.54, 1.807) is 19.9 Å². The van der Waals surface area contributed by atoms with Crippen LogP contribution in [-0.2, 0) is 13.1 Å². The van der Waals surface area contributed by atoms with Gasteiger partial charge in [0.1, 0.15) is 11.6 Å². The van der Waals surface area contributed by atoms with Crippen molar-refractivity contribution in [2.45, 2.75) is 26.9 Å². The van der Waals surface area contributed by atoms with E-state index in [1.165, 1.54) is 0 Å². The van der Waals surface area contributed by atoms with Gasteiger partial charge >= 0.3 is 0 Å². The first-order valence-corrected chi connectivity index (χ1v) is 7.21. The van der Waals surface area contributed by atoms with Gasteiger partial charge in [0.15, 0.2) is 0 Å². The number of hydrogen-bond donors (Lipinski definition) is 2. The molecular weight excluding hydrogens is 321 g/mol. The summed E-state index contributed by atoms with van der Waals surface area (Å²) < 4.78 is 14.2. The van der Waals surface area contributed by atoms with Gasteiger partial charge < -0.3 is 10.4 Å². The molecule has 0 bridgehead atoms. The minimum absolute atomic E-state index is 0.140. The van der Waals surface area contributed by atoms with E-state index < -0.39 is 0 Å². The number of nitrogens with one attached hydrogen (secondary N) is 1. The van der Waals surface area contributed by atoms with Crippen LogP contribution in [-0.4, -0.2) is 5.11 Å². The first-order valence-electron chi connectivity index (χ1n) is 6.41. The summed E-state index contributed by atoms with van der Waals surface area (Å²) in [5, 5.41) is 13.1. The molecule has 0 radical (unpaired) electrons. The molecule has 0 aromatic heterocycles. The second-order valence-electron chi connectivity index (χ2n) is 4.89. The van der Waals surface area contributed by atoms with Crippen molar-refractivity contribution in [1.82, 2.24) is 5.32 Å². The Bertz CT molecular complexity index is 605. The van der Waals surface area contributed by atoms with Crippen LogP contribution in [0.3, 0.4) is 0 Å². The average molecular weight is 338 g/mol. The van der Waals surface area contributed by atoms with Gasteiger partial charge in [0.25, 0.3) is 0 Å². The lowest BCUT2D eigenvalue weighted by Gasteiger charge is -2.10. The molecule has 2 nitrogen and oxygen atoms in total. The summed E-state index contributed by atoms with van der Waals surface area (Å²) in [6, 6.07) is 9.24. The second kappa shape index (κ2) is 6.37. The molecule has 2 aromatic rings. The van der Waals surface area contributed by atoms with Gasteiger partial charge in [-0.05, 0) is 52.5 Å². The van der Waals surface area contributed by atoms with Gasteiger partial charge in [-0.15, -0.1) is 0 Å². The van der Waals surface area contributed by atoms with E-state index in [-0.39, 0.29) is 11.6 Å². The Labute approximate surface area is 126 Å². The molecule has 0 saturated heterocycles. The summed E-state index contributed by atoms with van der Waals surface area (Å²) in [4.78, 5) is 0. The number of hydrogen-bond acceptors (Lipinski definition) is 2. The van der Waals surface area contributed by atoms with Crippen LogP contribution in [0.15, 0.2) is 34.8 Å². The van der Waals surface area contributed by atoms with Crippen LogP contribution in [0.4, 0.5) is 4.39 Å². The molecule has 20 heavy (non-hydrogen) atoms. The van der Waals surface area contributed by atoms with E-state index in [9.17, 15) is 9.50 Å². The fraction of sp³-hybridized carbons (Fsp3) is 0.250. The number of rotatable bonds is 4. The molecule has 0 atom stereocenters. The fourth-order valence-electron chi connectivity index (χ4n) is 2.18. The molecule has 2 N–H and O–H groups in total. The molecule has 0 spiro atoms. The van der Waals surface area contributed by atoms with Gasteiger partial charge in [0.2, 0.25) is 0 Å². The molecule has 0 heterocycles. The van der Waals surface area contributed by atoms with E-state index >= 15 is 0 Å². The molecule has 2 rings (SSSR count). The Morgan fingerprint density at radius 1 is 1.15 bits per heavy atom. The Morgan fingerprint density at radius 3 is 2.45 bits per heavy atom. The summed E-state index contributed by atoms with van der Waals surface area (Å²) in [6.45, 7) is 4.73. The zero-order valence-corrected chi connectivity index (χ0v) is 13.1. The number of aromatic hydroxyl groups is 1. The largest absolute Gasteiger partial charge is 0.506 e. The van der Waals surface area contributed by atoms with Crippen molar-refractivity contribution in [2.24, 2.45) is 0 Å². The number of para-hydroxylation sites is 1. The van der Waals surface area contributed by atoms with E-state index in [0.717, 1.165) is 11.1 Å². The lowest BCUT2D eigenvalue weighted by atomic mass is 10.1. The highest BCUT2D eigenvalue weighted by molar-refractivity contribution is 9.10. The number of benzene rings is 2. The smallest absolute Gasteiger partial charge is 0.134 e. The third-order valence-electron chi connectivity index (χ3n) is 3.21. The van der Waals surface area contributed by atoms with Crippen molar-refractivity contribution in [2.75, 3.05) is 0 Å². The molecule has 0 aliphatic rings. The quantitative estimate of drug-likeness (QED) is 0.876. The average Bonchev–Trinajstić information content (AvgIpc) is 2.41. The number of phenols is 1. The van der Waals surface area contributed by atoms with Gasteiger partial charge in [-0.25, -0.2) is 4.39 Å². The first kappa shape index (κ1) is 15.0. The Kier molecular flexibility index (Phi) is 4.78. The van der Waals surface area contributed by atoms with E-state index in [2.05, 4.69) is 21.2 Å². The van der Waals surface area contributed by atoms with Crippen LogP contribution >= 0.6 is 15.9 Å². The fourth-order valence-corrected chi connectivity index (χ4v) is 2.59. The summed E-state index contributed by atoms with van der Waals surface area (Å²) in [7, 11) is 0. The number of halogens is 2. The lowest BCUT2D eigenvalue weighted by molar-refractivity contribution is 0.461. The standard InChI is InChI=1S/C16H17BrFNO/c1-10-6-12(7-11(2)15(10)18)8-19-9-13-4-3-5-14(17)16(13)20/h3-7,19-20H,8-9H2,1-2H3. The van der Waals surface area contributed by atoms with Crippen molar-refractivity contribution in [3.05, 3.63) is 62.9 Å². The third-order valence-corrected chi connectivity index (χ3v) is 3.85. The Balaban J connectivity index is 2.01. The summed E-state index contributed by atoms with van der Waals surface area (Å²) in [5.41, 5.74) is 3.19. The van der Waals surface area contributed by atoms with E-state index in [4.69, 9.17) is 0 Å². The Morgan fingerprint density at radius 2 is 1.80 bits per heavy atom. The van der Waals surface area contributed by atoms with Crippen molar-refractivity contribution in [3.8, 4) is 5.75 Å². The molecule has 0 saturated carbocycles. The van der Waals surface area contributed by atoms with E-state index in [1.807, 2.05) is 24.3 Å². The van der Waals surface area contributed by atoms with Crippen molar-refractivity contribution >= 4 is 15.9 Å². The molecule has 0 unspecified atom stereocenters. The topological polar surface area (TPSA) is 32.3 Å². The molecule has 0 fully saturated rings. The second-order valence-corrected chi connectivity index (χ2v) is 5.75. The van der Waals surface area contributed by atoms with Crippen molar-refractivity contribution < 1.29 is 9.50 Å². The maximum absolute atomic E-state index is 13.5. The molecule has 4 heteroatoms. The normalized spacial score (nSPS) is 10.8. The lowest BCUT2D eigenvalue weighted by Crippen LogP contribution is -2.13. The van der Waals surface area contributed by atoms with Crippen LogP contribution in [0, 0.1) is 19.7 Å². The van der Waals surface area contributed by atoms with Crippen LogP contribution in [0.5, 0.6) is 5.75 Å². The molecular formula is C16H17BrFNO. The molecule has 0 amide bonds. The van der Waals surface area contributed by atoms with Crippen LogP contribution in [0.2, 0.25) is 0 Å². The SMILES string of the molecule is Cc1cc(CNCc2cccc(Br)c2O)cc(C)c1F. The molecule has 2 aromatic carbocycles. The maximum atomic E-state index is 13.5. The van der Waals surface area contributed by atoms with Gasteiger partial charge in [-0.3, -0.25) is 0 Å². The van der Waals surface area contributed by atoms with Crippen LogP contribution in [0.1, 0.15) is 22.3 Å². The number of phenolic OH excluding ortho intramolecular Hbond substituents is 1. The van der Waals surface area contributed by atoms with Gasteiger partial charge in [-0.1, -0.05) is 24.3 Å². The van der Waals surface area contributed by atoms with Crippen molar-refractivity contribution in [1.29, 1.82) is 0 Å². The summed E-state index contributed by atoms with van der Waals surface area (Å²) in [5.74, 6) is 0.116. The highest BCUT2D eigenvalue weighted by Crippen LogP contribution is 2.27. The highest BCUT2D eigenvalue weighted by Gasteiger charge is 2.06. The monoisotopic (exact) mass is 337 g/mol. The minimum atomic E-state index is -0.140. The Hall–Kier alpha value is -1.39. The first-order chi connectivity index (χ1) is 9.49. The minimum Gasteiger partial charge on any atom is -0.506 e. The maximum Gasteiger partial charge on any atom is 0.134 e.